The van der Waals surface area contributed by atoms with Gasteiger partial charge in [-0.2, -0.15) is 0 Å². The molecule has 5 heteroatoms. The van der Waals surface area contributed by atoms with E-state index in [0.29, 0.717) is 11.3 Å². The first-order valence-electron chi connectivity index (χ1n) is 6.59. The highest BCUT2D eigenvalue weighted by Gasteiger charge is 2.14. The van der Waals surface area contributed by atoms with Crippen LogP contribution in [-0.2, 0) is 0 Å². The van der Waals surface area contributed by atoms with Gasteiger partial charge in [0.1, 0.15) is 5.75 Å². The van der Waals surface area contributed by atoms with Crippen molar-refractivity contribution >= 4 is 11.6 Å². The van der Waals surface area contributed by atoms with E-state index in [-0.39, 0.29) is 17.7 Å². The zero-order valence-corrected chi connectivity index (χ0v) is 11.8. The Morgan fingerprint density at radius 2 is 2.05 bits per heavy atom. The second-order valence-corrected chi connectivity index (χ2v) is 4.63. The first-order valence-corrected chi connectivity index (χ1v) is 6.59. The fourth-order valence-electron chi connectivity index (χ4n) is 1.96. The predicted octanol–water partition coefficient (Wildman–Crippen LogP) is 1.43. The molecular formula is C14H23N3O2. The number of nitrogens with two attached hydrogens (primary N) is 1. The third-order valence-corrected chi connectivity index (χ3v) is 3.09. The molecule has 0 aliphatic carbocycles. The monoisotopic (exact) mass is 265 g/mol. The van der Waals surface area contributed by atoms with Crippen molar-refractivity contribution in [1.29, 1.82) is 0 Å². The van der Waals surface area contributed by atoms with Crippen molar-refractivity contribution in [1.82, 2.24) is 10.2 Å². The zero-order chi connectivity index (χ0) is 14.4. The molecule has 1 aromatic carbocycles. The average Bonchev–Trinajstić information content (AvgIpc) is 2.38. The van der Waals surface area contributed by atoms with Gasteiger partial charge in [-0.15, -0.1) is 0 Å². The quantitative estimate of drug-likeness (QED) is 0.537. The Morgan fingerprint density at radius 1 is 1.42 bits per heavy atom. The number of aromatic hydroxyl groups is 1. The first kappa shape index (κ1) is 15.3. The molecule has 0 bridgehead atoms. The first-order chi connectivity index (χ1) is 8.97. The molecule has 0 aliphatic heterocycles. The van der Waals surface area contributed by atoms with Gasteiger partial charge in [0.25, 0.3) is 5.91 Å². The second kappa shape index (κ2) is 6.99. The van der Waals surface area contributed by atoms with Crippen molar-refractivity contribution in [2.45, 2.75) is 26.8 Å². The molecule has 0 fully saturated rings. The lowest BCUT2D eigenvalue weighted by Gasteiger charge is -2.23. The molecule has 106 valence electrons. The maximum atomic E-state index is 12.1. The standard InChI is InChI=1S/C14H23N3O2/c1-4-17(5-2)9-10(3)16-14(19)12-8-11(18)6-7-13(12)15/h6-8,10,18H,4-5,9,15H2,1-3H3,(H,16,19). The normalized spacial score (nSPS) is 12.4. The van der Waals surface area contributed by atoms with Gasteiger partial charge in [-0.1, -0.05) is 13.8 Å². The third-order valence-electron chi connectivity index (χ3n) is 3.09. The summed E-state index contributed by atoms with van der Waals surface area (Å²) in [5, 5.41) is 12.3. The number of nitrogens with zero attached hydrogens (tertiary/aromatic N) is 1. The van der Waals surface area contributed by atoms with Gasteiger partial charge in [0.05, 0.1) is 5.56 Å². The van der Waals surface area contributed by atoms with E-state index in [0.717, 1.165) is 19.6 Å². The van der Waals surface area contributed by atoms with Crippen molar-refractivity contribution in [3.63, 3.8) is 0 Å². The zero-order valence-electron chi connectivity index (χ0n) is 11.8. The molecule has 1 amide bonds. The topological polar surface area (TPSA) is 78.6 Å². The van der Waals surface area contributed by atoms with E-state index < -0.39 is 0 Å². The van der Waals surface area contributed by atoms with Crippen LogP contribution in [0.3, 0.4) is 0 Å². The van der Waals surface area contributed by atoms with Crippen molar-refractivity contribution < 1.29 is 9.90 Å². The van der Waals surface area contributed by atoms with E-state index in [1.54, 1.807) is 0 Å². The summed E-state index contributed by atoms with van der Waals surface area (Å²) in [5.41, 5.74) is 6.41. The number of amides is 1. The van der Waals surface area contributed by atoms with Crippen molar-refractivity contribution in [2.75, 3.05) is 25.4 Å². The number of hydrogen-bond acceptors (Lipinski definition) is 4. The maximum absolute atomic E-state index is 12.1. The number of rotatable bonds is 6. The summed E-state index contributed by atoms with van der Waals surface area (Å²) in [7, 11) is 0. The summed E-state index contributed by atoms with van der Waals surface area (Å²) in [4.78, 5) is 14.3. The Balaban J connectivity index is 2.66. The molecular weight excluding hydrogens is 242 g/mol. The Hall–Kier alpha value is -1.75. The second-order valence-electron chi connectivity index (χ2n) is 4.63. The lowest BCUT2D eigenvalue weighted by molar-refractivity contribution is 0.0931. The number of hydrogen-bond donors (Lipinski definition) is 3. The molecule has 0 heterocycles. The number of nitrogens with one attached hydrogen (secondary N) is 1. The molecule has 1 atom stereocenters. The van der Waals surface area contributed by atoms with E-state index in [1.165, 1.54) is 18.2 Å². The summed E-state index contributed by atoms with van der Waals surface area (Å²) in [6, 6.07) is 4.40. The van der Waals surface area contributed by atoms with Gasteiger partial charge in [-0.3, -0.25) is 4.79 Å². The fourth-order valence-corrected chi connectivity index (χ4v) is 1.96. The van der Waals surface area contributed by atoms with E-state index in [1.807, 2.05) is 6.92 Å². The summed E-state index contributed by atoms with van der Waals surface area (Å²) < 4.78 is 0. The summed E-state index contributed by atoms with van der Waals surface area (Å²) >= 11 is 0. The largest absolute Gasteiger partial charge is 0.508 e. The van der Waals surface area contributed by atoms with Gasteiger partial charge in [0, 0.05) is 18.3 Å². The highest BCUT2D eigenvalue weighted by molar-refractivity contribution is 5.99. The Kier molecular flexibility index (Phi) is 5.63. The van der Waals surface area contributed by atoms with Crippen LogP contribution in [0, 0.1) is 0 Å². The molecule has 1 aromatic rings. The predicted molar refractivity (Wildman–Crippen MR) is 77.2 cm³/mol. The number of carbonyl (C=O) groups excluding carboxylic acids is 1. The van der Waals surface area contributed by atoms with Gasteiger partial charge in [-0.25, -0.2) is 0 Å². The minimum Gasteiger partial charge on any atom is -0.508 e. The van der Waals surface area contributed by atoms with Crippen LogP contribution < -0.4 is 11.1 Å². The van der Waals surface area contributed by atoms with Crippen LogP contribution in [0.2, 0.25) is 0 Å². The summed E-state index contributed by atoms with van der Waals surface area (Å²) in [6.07, 6.45) is 0. The minimum atomic E-state index is -0.256. The highest BCUT2D eigenvalue weighted by Crippen LogP contribution is 2.18. The van der Waals surface area contributed by atoms with E-state index in [9.17, 15) is 9.90 Å². The van der Waals surface area contributed by atoms with Crippen LogP contribution in [-0.4, -0.2) is 41.6 Å². The van der Waals surface area contributed by atoms with Crippen LogP contribution in [0.15, 0.2) is 18.2 Å². The molecule has 0 spiro atoms. The molecule has 4 N–H and O–H groups in total. The number of phenolic OH excluding ortho intramolecular Hbond substituents is 1. The van der Waals surface area contributed by atoms with Crippen LogP contribution in [0.25, 0.3) is 0 Å². The molecule has 0 aliphatic rings. The van der Waals surface area contributed by atoms with Crippen molar-refractivity contribution in [2.24, 2.45) is 0 Å². The lowest BCUT2D eigenvalue weighted by Crippen LogP contribution is -2.42. The number of benzene rings is 1. The molecule has 19 heavy (non-hydrogen) atoms. The van der Waals surface area contributed by atoms with Gasteiger partial charge in [0.15, 0.2) is 0 Å². The molecule has 5 nitrogen and oxygen atoms in total. The molecule has 0 aromatic heterocycles. The minimum absolute atomic E-state index is 0.0224. The van der Waals surface area contributed by atoms with Crippen molar-refractivity contribution in [3.8, 4) is 5.75 Å². The SMILES string of the molecule is CCN(CC)CC(C)NC(=O)c1cc(O)ccc1N. The van der Waals surface area contributed by atoms with Gasteiger partial charge < -0.3 is 21.1 Å². The third kappa shape index (κ3) is 4.44. The number of nitrogen functional groups attached to an aromatic ring is 1. The molecule has 1 rings (SSSR count). The number of carbonyl (C=O) groups is 1. The Bertz CT molecular complexity index is 431. The van der Waals surface area contributed by atoms with Crippen LogP contribution >= 0.6 is 0 Å². The lowest BCUT2D eigenvalue weighted by atomic mass is 10.1. The van der Waals surface area contributed by atoms with Crippen molar-refractivity contribution in [3.05, 3.63) is 23.8 Å². The smallest absolute Gasteiger partial charge is 0.253 e. The van der Waals surface area contributed by atoms with Gasteiger partial charge >= 0.3 is 0 Å². The maximum Gasteiger partial charge on any atom is 0.253 e. The van der Waals surface area contributed by atoms with Gasteiger partial charge in [-0.05, 0) is 38.2 Å². The summed E-state index contributed by atoms with van der Waals surface area (Å²) in [6.45, 7) is 8.82. The highest BCUT2D eigenvalue weighted by atomic mass is 16.3. The molecule has 1 unspecified atom stereocenters. The van der Waals surface area contributed by atoms with E-state index in [2.05, 4.69) is 24.1 Å². The summed E-state index contributed by atoms with van der Waals surface area (Å²) in [5.74, 6) is -0.219. The van der Waals surface area contributed by atoms with E-state index in [4.69, 9.17) is 5.73 Å². The number of anilines is 1. The molecule has 0 saturated carbocycles. The van der Waals surface area contributed by atoms with Gasteiger partial charge in [0.2, 0.25) is 0 Å². The van der Waals surface area contributed by atoms with Crippen LogP contribution in [0.4, 0.5) is 5.69 Å². The average molecular weight is 265 g/mol. The van der Waals surface area contributed by atoms with Crippen LogP contribution in [0.1, 0.15) is 31.1 Å². The molecule has 0 radical (unpaired) electrons. The Labute approximate surface area is 114 Å². The fraction of sp³-hybridized carbons (Fsp3) is 0.500. The van der Waals surface area contributed by atoms with E-state index >= 15 is 0 Å². The number of phenols is 1. The Morgan fingerprint density at radius 3 is 2.63 bits per heavy atom. The molecule has 0 saturated heterocycles. The number of likely N-dealkylation sites (N-methyl/N-ethyl adjacent to an activating group) is 1. The van der Waals surface area contributed by atoms with Crippen LogP contribution in [0.5, 0.6) is 5.75 Å².